The van der Waals surface area contributed by atoms with Crippen LogP contribution in [-0.4, -0.2) is 35.0 Å². The molecular weight excluding hydrogens is 256 g/mol. The molecule has 0 saturated carbocycles. The summed E-state index contributed by atoms with van der Waals surface area (Å²) in [6.45, 7) is 2.33. The highest BCUT2D eigenvalue weighted by atomic mass is 32.1. The van der Waals surface area contributed by atoms with Crippen molar-refractivity contribution in [2.75, 3.05) is 25.5 Å². The van der Waals surface area contributed by atoms with Crippen LogP contribution in [0.25, 0.3) is 0 Å². The summed E-state index contributed by atoms with van der Waals surface area (Å²) in [6.07, 6.45) is 4.30. The quantitative estimate of drug-likeness (QED) is 0.934. The lowest BCUT2D eigenvalue weighted by Crippen LogP contribution is -2.30. The smallest absolute Gasteiger partial charge is 0.188 e. The molecule has 1 fully saturated rings. The zero-order chi connectivity index (χ0) is 13.1. The van der Waals surface area contributed by atoms with E-state index in [0.29, 0.717) is 5.92 Å². The van der Waals surface area contributed by atoms with Crippen LogP contribution in [0.15, 0.2) is 29.8 Å². The predicted molar refractivity (Wildman–Crippen MR) is 79.1 cm³/mol. The molecule has 19 heavy (non-hydrogen) atoms. The molecule has 5 heteroatoms. The Kier molecular flexibility index (Phi) is 3.75. The molecule has 0 aliphatic carbocycles. The molecule has 1 saturated heterocycles. The van der Waals surface area contributed by atoms with Crippen LogP contribution < -0.4 is 5.32 Å². The van der Waals surface area contributed by atoms with Crippen molar-refractivity contribution in [3.8, 4) is 0 Å². The summed E-state index contributed by atoms with van der Waals surface area (Å²) in [7, 11) is 2.19. The van der Waals surface area contributed by atoms with E-state index in [4.69, 9.17) is 4.98 Å². The van der Waals surface area contributed by atoms with Gasteiger partial charge >= 0.3 is 0 Å². The molecule has 0 bridgehead atoms. The Morgan fingerprint density at radius 1 is 1.42 bits per heavy atom. The number of likely N-dealkylation sites (N-methyl/N-ethyl adjacent to an activating group) is 1. The van der Waals surface area contributed by atoms with E-state index in [1.807, 2.05) is 18.2 Å². The van der Waals surface area contributed by atoms with Crippen molar-refractivity contribution in [1.29, 1.82) is 0 Å². The summed E-state index contributed by atoms with van der Waals surface area (Å²) in [5.41, 5.74) is 1.22. The van der Waals surface area contributed by atoms with Gasteiger partial charge in [-0.15, -0.1) is 11.3 Å². The number of rotatable bonds is 3. The highest BCUT2D eigenvalue weighted by Crippen LogP contribution is 2.29. The number of likely N-dealkylation sites (tertiary alicyclic amines) is 1. The van der Waals surface area contributed by atoms with E-state index in [9.17, 15) is 0 Å². The fourth-order valence-corrected chi connectivity index (χ4v) is 3.28. The second-order valence-corrected chi connectivity index (χ2v) is 5.88. The minimum atomic E-state index is 0.578. The van der Waals surface area contributed by atoms with Crippen LogP contribution in [0.4, 0.5) is 10.9 Å². The monoisotopic (exact) mass is 274 g/mol. The molecule has 0 radical (unpaired) electrons. The van der Waals surface area contributed by atoms with Crippen LogP contribution in [0, 0.1) is 0 Å². The SMILES string of the molecule is CN1CCC[C@H](c2csc(Nc3ccccn3)n2)C1. The van der Waals surface area contributed by atoms with Crippen LogP contribution in [0.1, 0.15) is 24.5 Å². The third kappa shape index (κ3) is 3.11. The van der Waals surface area contributed by atoms with Crippen molar-refractivity contribution >= 4 is 22.3 Å². The van der Waals surface area contributed by atoms with Gasteiger partial charge in [-0.2, -0.15) is 0 Å². The zero-order valence-corrected chi connectivity index (χ0v) is 11.9. The van der Waals surface area contributed by atoms with Gasteiger partial charge in [0.2, 0.25) is 0 Å². The van der Waals surface area contributed by atoms with Gasteiger partial charge < -0.3 is 10.2 Å². The number of aromatic nitrogens is 2. The number of nitrogens with zero attached hydrogens (tertiary/aromatic N) is 3. The molecule has 0 spiro atoms. The first-order valence-electron chi connectivity index (χ1n) is 6.63. The van der Waals surface area contributed by atoms with E-state index in [0.717, 1.165) is 17.5 Å². The van der Waals surface area contributed by atoms with E-state index in [-0.39, 0.29) is 0 Å². The Balaban J connectivity index is 1.69. The van der Waals surface area contributed by atoms with Gasteiger partial charge in [0.05, 0.1) is 5.69 Å². The van der Waals surface area contributed by atoms with E-state index in [1.165, 1.54) is 25.1 Å². The Hall–Kier alpha value is -1.46. The predicted octanol–water partition coefficient (Wildman–Crippen LogP) is 3.09. The van der Waals surface area contributed by atoms with Crippen molar-refractivity contribution < 1.29 is 0 Å². The standard InChI is InChI=1S/C14H18N4S/c1-18-8-4-5-11(9-18)12-10-19-14(16-12)17-13-6-2-3-7-15-13/h2-3,6-7,10-11H,4-5,8-9H2,1H3,(H,15,16,17)/t11-/m0/s1. The number of piperidine rings is 1. The Morgan fingerprint density at radius 3 is 3.16 bits per heavy atom. The molecule has 1 aliphatic rings. The molecule has 1 N–H and O–H groups in total. The maximum Gasteiger partial charge on any atom is 0.188 e. The molecule has 0 unspecified atom stereocenters. The lowest BCUT2D eigenvalue weighted by atomic mass is 9.96. The van der Waals surface area contributed by atoms with Crippen molar-refractivity contribution in [1.82, 2.24) is 14.9 Å². The summed E-state index contributed by atoms with van der Waals surface area (Å²) >= 11 is 1.66. The van der Waals surface area contributed by atoms with Gasteiger partial charge in [-0.3, -0.25) is 0 Å². The highest BCUT2D eigenvalue weighted by molar-refractivity contribution is 7.13. The van der Waals surface area contributed by atoms with Crippen molar-refractivity contribution in [2.24, 2.45) is 0 Å². The van der Waals surface area contributed by atoms with E-state index >= 15 is 0 Å². The number of nitrogens with one attached hydrogen (secondary N) is 1. The molecule has 3 heterocycles. The third-order valence-electron chi connectivity index (χ3n) is 3.46. The molecule has 0 amide bonds. The number of hydrogen-bond acceptors (Lipinski definition) is 5. The lowest BCUT2D eigenvalue weighted by Gasteiger charge is -2.28. The maximum absolute atomic E-state index is 4.70. The van der Waals surface area contributed by atoms with Gasteiger partial charge in [0, 0.05) is 24.0 Å². The minimum absolute atomic E-state index is 0.578. The maximum atomic E-state index is 4.70. The molecule has 100 valence electrons. The van der Waals surface area contributed by atoms with Crippen molar-refractivity contribution in [2.45, 2.75) is 18.8 Å². The first-order chi connectivity index (χ1) is 9.31. The van der Waals surface area contributed by atoms with Crippen molar-refractivity contribution in [3.05, 3.63) is 35.5 Å². The zero-order valence-electron chi connectivity index (χ0n) is 11.0. The fraction of sp³-hybridized carbons (Fsp3) is 0.429. The summed E-state index contributed by atoms with van der Waals surface area (Å²) < 4.78 is 0. The van der Waals surface area contributed by atoms with E-state index < -0.39 is 0 Å². The Morgan fingerprint density at radius 2 is 2.37 bits per heavy atom. The number of thiazole rings is 1. The molecule has 0 aromatic carbocycles. The summed E-state index contributed by atoms with van der Waals surface area (Å²) in [4.78, 5) is 11.3. The van der Waals surface area contributed by atoms with Gasteiger partial charge in [0.25, 0.3) is 0 Å². The van der Waals surface area contributed by atoms with Gasteiger partial charge in [0.1, 0.15) is 5.82 Å². The lowest BCUT2D eigenvalue weighted by molar-refractivity contribution is 0.249. The van der Waals surface area contributed by atoms with Gasteiger partial charge in [0.15, 0.2) is 5.13 Å². The summed E-state index contributed by atoms with van der Waals surface area (Å²) in [5.74, 6) is 1.43. The molecule has 1 atom stereocenters. The highest BCUT2D eigenvalue weighted by Gasteiger charge is 2.21. The van der Waals surface area contributed by atoms with Crippen LogP contribution in [0.3, 0.4) is 0 Å². The van der Waals surface area contributed by atoms with Crippen LogP contribution in [0.2, 0.25) is 0 Å². The number of hydrogen-bond donors (Lipinski definition) is 1. The number of anilines is 2. The van der Waals surface area contributed by atoms with Crippen LogP contribution in [0.5, 0.6) is 0 Å². The van der Waals surface area contributed by atoms with E-state index in [1.54, 1.807) is 17.5 Å². The molecule has 1 aliphatic heterocycles. The first kappa shape index (κ1) is 12.6. The topological polar surface area (TPSA) is 41.0 Å². The Bertz CT molecular complexity index is 525. The largest absolute Gasteiger partial charge is 0.316 e. The van der Waals surface area contributed by atoms with E-state index in [2.05, 4.69) is 27.6 Å². The molecule has 2 aromatic rings. The number of pyridine rings is 1. The fourth-order valence-electron chi connectivity index (χ4n) is 2.49. The van der Waals surface area contributed by atoms with Gasteiger partial charge in [-0.05, 0) is 38.6 Å². The summed E-state index contributed by atoms with van der Waals surface area (Å²) in [6, 6.07) is 5.84. The molecular formula is C14H18N4S. The first-order valence-corrected chi connectivity index (χ1v) is 7.51. The van der Waals surface area contributed by atoms with Crippen molar-refractivity contribution in [3.63, 3.8) is 0 Å². The van der Waals surface area contributed by atoms with Gasteiger partial charge in [-0.25, -0.2) is 9.97 Å². The minimum Gasteiger partial charge on any atom is -0.316 e. The van der Waals surface area contributed by atoms with Gasteiger partial charge in [-0.1, -0.05) is 6.07 Å². The molecule has 4 nitrogen and oxygen atoms in total. The average Bonchev–Trinajstić information content (AvgIpc) is 2.88. The Labute approximate surface area is 117 Å². The summed E-state index contributed by atoms with van der Waals surface area (Å²) in [5, 5.41) is 6.37. The van der Waals surface area contributed by atoms with Crippen LogP contribution in [-0.2, 0) is 0 Å². The average molecular weight is 274 g/mol. The molecule has 3 rings (SSSR count). The van der Waals surface area contributed by atoms with Crippen LogP contribution >= 0.6 is 11.3 Å². The second-order valence-electron chi connectivity index (χ2n) is 5.02. The normalized spacial score (nSPS) is 20.4. The second kappa shape index (κ2) is 5.67. The third-order valence-corrected chi connectivity index (χ3v) is 4.24. The molecule has 2 aromatic heterocycles.